The summed E-state index contributed by atoms with van der Waals surface area (Å²) in [7, 11) is 0. The van der Waals surface area contributed by atoms with Gasteiger partial charge in [0.25, 0.3) is 0 Å². The Balaban J connectivity index is 1.90. The van der Waals surface area contributed by atoms with E-state index in [1.54, 1.807) is 11.8 Å². The van der Waals surface area contributed by atoms with Gasteiger partial charge in [-0.05, 0) is 26.7 Å². The minimum absolute atomic E-state index is 0.119. The van der Waals surface area contributed by atoms with E-state index >= 15 is 0 Å². The van der Waals surface area contributed by atoms with E-state index in [9.17, 15) is 4.79 Å². The molecule has 6 heteroatoms. The molecule has 0 radical (unpaired) electrons. The molecule has 138 valence electrons. The van der Waals surface area contributed by atoms with Crippen LogP contribution in [0, 0.1) is 16.7 Å². The second kappa shape index (κ2) is 5.71. The summed E-state index contributed by atoms with van der Waals surface area (Å²) in [6.07, 6.45) is 0. The number of rotatable bonds is 3. The maximum Gasteiger partial charge on any atom is 0.195 e. The summed E-state index contributed by atoms with van der Waals surface area (Å²) in [4.78, 5) is 13.1. The van der Waals surface area contributed by atoms with Crippen molar-refractivity contribution in [2.45, 2.75) is 84.4 Å². The molecule has 4 rings (SSSR count). The van der Waals surface area contributed by atoms with Crippen LogP contribution < -0.4 is 0 Å². The van der Waals surface area contributed by atoms with Crippen molar-refractivity contribution in [1.82, 2.24) is 0 Å². The highest BCUT2D eigenvalue weighted by atomic mass is 32.3. The molecule has 4 aliphatic rings. The smallest absolute Gasteiger partial charge is 0.195 e. The lowest BCUT2D eigenvalue weighted by Gasteiger charge is -2.72. The molecule has 0 amide bonds. The molecular formula is C18H30OS5. The van der Waals surface area contributed by atoms with Gasteiger partial charge in [0, 0.05) is 10.8 Å². The van der Waals surface area contributed by atoms with Crippen molar-refractivity contribution in [3.05, 3.63) is 0 Å². The summed E-state index contributed by atoms with van der Waals surface area (Å²) in [5.74, 6) is 0.372. The predicted molar refractivity (Wildman–Crippen MR) is 118 cm³/mol. The van der Waals surface area contributed by atoms with Gasteiger partial charge in [-0.2, -0.15) is 0 Å². The predicted octanol–water partition coefficient (Wildman–Crippen LogP) is 6.77. The van der Waals surface area contributed by atoms with Crippen LogP contribution in [-0.2, 0) is 4.79 Å². The minimum Gasteiger partial charge on any atom is -0.287 e. The average Bonchev–Trinajstić information content (AvgIpc) is 2.38. The highest BCUT2D eigenvalue weighted by Crippen LogP contribution is 2.84. The molecule has 1 nitrogen and oxygen atoms in total. The standard InChI is InChI=1S/C18H30OS5/c1-10(2)14(3,4)13(19)20-11-12-21-17(8)15(5,6)18(9,22-12)24-16(11,7)23-17/h10-12H,1-9H3. The lowest BCUT2D eigenvalue weighted by atomic mass is 9.83. The van der Waals surface area contributed by atoms with Crippen LogP contribution in [-0.4, -0.2) is 27.2 Å². The van der Waals surface area contributed by atoms with Gasteiger partial charge in [-0.3, -0.25) is 4.79 Å². The van der Waals surface area contributed by atoms with E-state index in [1.165, 1.54) is 0 Å². The molecule has 4 saturated heterocycles. The van der Waals surface area contributed by atoms with Gasteiger partial charge in [-0.1, -0.05) is 53.3 Å². The second-order valence-corrected chi connectivity index (χ2v) is 18.1. The molecule has 4 bridgehead atoms. The van der Waals surface area contributed by atoms with Crippen molar-refractivity contribution >= 4 is 63.9 Å². The third-order valence-corrected chi connectivity index (χ3v) is 17.3. The van der Waals surface area contributed by atoms with Crippen molar-refractivity contribution in [1.29, 1.82) is 0 Å². The fourth-order valence-corrected chi connectivity index (χ4v) is 17.3. The summed E-state index contributed by atoms with van der Waals surface area (Å²) in [5.41, 5.74) is 0.00492. The maximum atomic E-state index is 13.1. The van der Waals surface area contributed by atoms with E-state index in [1.807, 2.05) is 0 Å². The fourth-order valence-electron chi connectivity index (χ4n) is 3.42. The Kier molecular flexibility index (Phi) is 4.80. The first kappa shape index (κ1) is 20.2. The van der Waals surface area contributed by atoms with Gasteiger partial charge in [0.05, 0.1) is 22.1 Å². The average molecular weight is 423 g/mol. The van der Waals surface area contributed by atoms with E-state index in [0.29, 0.717) is 20.9 Å². The minimum atomic E-state index is -0.257. The lowest BCUT2D eigenvalue weighted by molar-refractivity contribution is -0.120. The monoisotopic (exact) mass is 422 g/mol. The van der Waals surface area contributed by atoms with Crippen LogP contribution in [0.5, 0.6) is 0 Å². The number of carbonyl (C=O) groups is 1. The molecule has 4 fully saturated rings. The zero-order valence-electron chi connectivity index (χ0n) is 16.2. The van der Waals surface area contributed by atoms with Crippen LogP contribution >= 0.6 is 58.8 Å². The molecule has 0 saturated carbocycles. The summed E-state index contributed by atoms with van der Waals surface area (Å²) >= 11 is 10.1. The molecule has 3 unspecified atom stereocenters. The Labute approximate surface area is 169 Å². The molecule has 0 aromatic heterocycles. The molecule has 0 aliphatic carbocycles. The van der Waals surface area contributed by atoms with Crippen LogP contribution in [0.2, 0.25) is 0 Å². The first-order chi connectivity index (χ1) is 10.7. The van der Waals surface area contributed by atoms with Crippen molar-refractivity contribution < 1.29 is 4.79 Å². The van der Waals surface area contributed by atoms with Crippen LogP contribution in [0.3, 0.4) is 0 Å². The van der Waals surface area contributed by atoms with Crippen LogP contribution in [0.4, 0.5) is 0 Å². The molecule has 0 spiro atoms. The number of hydrogen-bond donors (Lipinski definition) is 0. The highest BCUT2D eigenvalue weighted by molar-refractivity contribution is 8.39. The van der Waals surface area contributed by atoms with E-state index < -0.39 is 0 Å². The Morgan fingerprint density at radius 3 is 1.83 bits per heavy atom. The van der Waals surface area contributed by atoms with Crippen LogP contribution in [0.1, 0.15) is 62.3 Å². The fraction of sp³-hybridized carbons (Fsp3) is 0.944. The van der Waals surface area contributed by atoms with Gasteiger partial charge in [-0.25, -0.2) is 0 Å². The second-order valence-electron chi connectivity index (χ2n) is 9.04. The van der Waals surface area contributed by atoms with Gasteiger partial charge in [0.2, 0.25) is 0 Å². The van der Waals surface area contributed by atoms with Crippen LogP contribution in [0.15, 0.2) is 0 Å². The summed E-state index contributed by atoms with van der Waals surface area (Å²) < 4.78 is 1.09. The van der Waals surface area contributed by atoms with E-state index in [2.05, 4.69) is 109 Å². The van der Waals surface area contributed by atoms with E-state index in [0.717, 1.165) is 0 Å². The number of thioether (sulfide) groups is 5. The van der Waals surface area contributed by atoms with Gasteiger partial charge in [-0.15, -0.1) is 47.0 Å². The lowest BCUT2D eigenvalue weighted by Crippen LogP contribution is -2.68. The zero-order valence-corrected chi connectivity index (χ0v) is 20.3. The Hall–Kier alpha value is 1.42. The van der Waals surface area contributed by atoms with Crippen molar-refractivity contribution in [3.63, 3.8) is 0 Å². The zero-order chi connectivity index (χ0) is 18.3. The Morgan fingerprint density at radius 1 is 1.00 bits per heavy atom. The SMILES string of the molecule is CC(C)C(C)(C)C(=O)SC1C2SC3(C)SC1(C)SC(C)(S2)C3(C)C. The normalized spacial score (nSPS) is 46.6. The topological polar surface area (TPSA) is 17.1 Å². The number of hydrogen-bond acceptors (Lipinski definition) is 6. The Morgan fingerprint density at radius 2 is 1.46 bits per heavy atom. The van der Waals surface area contributed by atoms with E-state index in [4.69, 9.17) is 0 Å². The molecule has 24 heavy (non-hydrogen) atoms. The Bertz CT molecular complexity index is 548. The first-order valence-corrected chi connectivity index (χ1v) is 12.9. The molecule has 3 atom stereocenters. The molecule has 0 N–H and O–H groups in total. The summed E-state index contributed by atoms with van der Waals surface area (Å²) in [5, 5.41) is 0.749. The van der Waals surface area contributed by atoms with Crippen molar-refractivity contribution in [2.75, 3.05) is 0 Å². The van der Waals surface area contributed by atoms with E-state index in [-0.39, 0.29) is 23.1 Å². The van der Waals surface area contributed by atoms with Gasteiger partial charge in [0.15, 0.2) is 5.12 Å². The van der Waals surface area contributed by atoms with Gasteiger partial charge < -0.3 is 0 Å². The van der Waals surface area contributed by atoms with Gasteiger partial charge in [0.1, 0.15) is 0 Å². The molecule has 0 aromatic carbocycles. The summed E-state index contributed by atoms with van der Waals surface area (Å²) in [6, 6.07) is 0. The van der Waals surface area contributed by atoms with Crippen molar-refractivity contribution in [3.8, 4) is 0 Å². The van der Waals surface area contributed by atoms with Crippen molar-refractivity contribution in [2.24, 2.45) is 16.7 Å². The molecule has 4 heterocycles. The largest absolute Gasteiger partial charge is 0.287 e. The molecule has 4 aliphatic heterocycles. The first-order valence-electron chi connectivity index (χ1n) is 8.66. The summed E-state index contributed by atoms with van der Waals surface area (Å²) in [6.45, 7) is 20.7. The highest BCUT2D eigenvalue weighted by Gasteiger charge is 2.73. The van der Waals surface area contributed by atoms with Crippen LogP contribution in [0.25, 0.3) is 0 Å². The molecular weight excluding hydrogens is 393 g/mol. The number of carbonyl (C=O) groups excluding carboxylic acids is 1. The maximum absolute atomic E-state index is 13.1. The molecule has 0 aromatic rings. The van der Waals surface area contributed by atoms with Gasteiger partial charge >= 0.3 is 0 Å². The quantitative estimate of drug-likeness (QED) is 0.495. The third-order valence-electron chi connectivity index (χ3n) is 6.72. The third kappa shape index (κ3) is 2.59.